The summed E-state index contributed by atoms with van der Waals surface area (Å²) < 4.78 is 18.0. The van der Waals surface area contributed by atoms with Gasteiger partial charge in [-0.05, 0) is 0 Å². The Kier molecular flexibility index (Phi) is 2.17. The first-order valence-corrected chi connectivity index (χ1v) is 4.35. The number of hydrogen-bond donors (Lipinski definition) is 0. The molecule has 0 atom stereocenters. The molecular formula is O2STe. The summed E-state index contributed by atoms with van der Waals surface area (Å²) >= 11 is 1.02. The van der Waals surface area contributed by atoms with E-state index < -0.39 is 7.41 Å². The van der Waals surface area contributed by atoms with Gasteiger partial charge >= 0.3 is 36.2 Å². The van der Waals surface area contributed by atoms with E-state index in [4.69, 9.17) is 8.42 Å². The summed E-state index contributed by atoms with van der Waals surface area (Å²) in [6, 6.07) is 0. The molecule has 0 aromatic rings. The van der Waals surface area contributed by atoms with E-state index in [1.54, 1.807) is 0 Å². The van der Waals surface area contributed by atoms with Crippen LogP contribution in [0.25, 0.3) is 0 Å². The molecule has 0 aliphatic heterocycles. The van der Waals surface area contributed by atoms with Crippen LogP contribution in [0.15, 0.2) is 0 Å². The van der Waals surface area contributed by atoms with Crippen molar-refractivity contribution < 1.29 is 8.42 Å². The zero-order chi connectivity index (χ0) is 3.58. The van der Waals surface area contributed by atoms with Gasteiger partial charge in [-0.25, -0.2) is 0 Å². The number of rotatable bonds is 0. The molecule has 0 amide bonds. The molecular weight excluding hydrogens is 192 g/mol. The van der Waals surface area contributed by atoms with Crippen LogP contribution in [0.3, 0.4) is 0 Å². The predicted molar refractivity (Wildman–Crippen MR) is 14.7 cm³/mol. The fourth-order valence-electron chi connectivity index (χ4n) is 0. The quantitative estimate of drug-likeness (QED) is 0.458. The monoisotopic (exact) mass is 194 g/mol. The van der Waals surface area contributed by atoms with E-state index in [1.807, 2.05) is 0 Å². The summed E-state index contributed by atoms with van der Waals surface area (Å²) in [6.07, 6.45) is 0. The van der Waals surface area contributed by atoms with Gasteiger partial charge in [0.15, 0.2) is 0 Å². The third-order valence-electron chi connectivity index (χ3n) is 0. The summed E-state index contributed by atoms with van der Waals surface area (Å²) in [5.74, 6) is 0. The van der Waals surface area contributed by atoms with E-state index in [0.717, 1.165) is 20.4 Å². The van der Waals surface area contributed by atoms with Crippen LogP contribution in [0.1, 0.15) is 0 Å². The minimum absolute atomic E-state index is 1.02. The Morgan fingerprint density at radius 1 is 1.50 bits per heavy atom. The van der Waals surface area contributed by atoms with Crippen molar-refractivity contribution in [3.8, 4) is 0 Å². The molecule has 0 fully saturated rings. The second-order valence-electron chi connectivity index (χ2n) is 0.204. The topological polar surface area (TPSA) is 34.1 Å². The molecule has 0 radical (unpaired) electrons. The molecule has 4 heavy (non-hydrogen) atoms. The molecule has 2 nitrogen and oxygen atoms in total. The van der Waals surface area contributed by atoms with E-state index in [9.17, 15) is 0 Å². The van der Waals surface area contributed by atoms with Crippen LogP contribution in [-0.4, -0.2) is 28.8 Å². The summed E-state index contributed by atoms with van der Waals surface area (Å²) in [6.45, 7) is 0. The van der Waals surface area contributed by atoms with Crippen molar-refractivity contribution in [1.29, 1.82) is 0 Å². The molecule has 0 bridgehead atoms. The van der Waals surface area contributed by atoms with Crippen molar-refractivity contribution in [3.63, 3.8) is 0 Å². The summed E-state index contributed by atoms with van der Waals surface area (Å²) in [7, 11) is -1.85. The van der Waals surface area contributed by atoms with Gasteiger partial charge in [0, 0.05) is 0 Å². The molecule has 0 heterocycles. The Bertz CT molecular complexity index is 75.4. The van der Waals surface area contributed by atoms with Crippen molar-refractivity contribution in [2.24, 2.45) is 0 Å². The van der Waals surface area contributed by atoms with Gasteiger partial charge in [0.2, 0.25) is 0 Å². The Morgan fingerprint density at radius 3 is 1.50 bits per heavy atom. The first-order chi connectivity index (χ1) is 1.73. The third-order valence-corrected chi connectivity index (χ3v) is 0. The summed E-state index contributed by atoms with van der Waals surface area (Å²) in [5, 5.41) is 0. The first kappa shape index (κ1) is 4.61. The predicted octanol–water partition coefficient (Wildman–Crippen LogP) is -1.05. The summed E-state index contributed by atoms with van der Waals surface area (Å²) in [4.78, 5) is 0. The van der Waals surface area contributed by atoms with Crippen molar-refractivity contribution in [2.75, 3.05) is 0 Å². The molecule has 0 aromatic carbocycles. The number of hydrogen-bond acceptors (Lipinski definition) is 2. The third kappa shape index (κ3) is 18.2. The van der Waals surface area contributed by atoms with E-state index in [-0.39, 0.29) is 0 Å². The normalized spacial score (nSPS) is 6.00. The van der Waals surface area contributed by atoms with Gasteiger partial charge in [0.1, 0.15) is 0 Å². The fraction of sp³-hybridized carbons (Fsp3) is 0. The van der Waals surface area contributed by atoms with E-state index in [1.165, 1.54) is 0 Å². The minimum atomic E-state index is -1.85. The molecule has 0 aliphatic carbocycles. The van der Waals surface area contributed by atoms with Gasteiger partial charge in [-0.2, -0.15) is 0 Å². The Balaban J connectivity index is 4.65. The van der Waals surface area contributed by atoms with Gasteiger partial charge in [-0.3, -0.25) is 0 Å². The molecule has 0 unspecified atom stereocenters. The fourth-order valence-corrected chi connectivity index (χ4v) is 0. The second kappa shape index (κ2) is 1.89. The van der Waals surface area contributed by atoms with E-state index in [2.05, 4.69) is 0 Å². The van der Waals surface area contributed by atoms with Crippen molar-refractivity contribution in [2.45, 2.75) is 0 Å². The van der Waals surface area contributed by atoms with Crippen LogP contribution in [0.2, 0.25) is 0 Å². The molecule has 0 rings (SSSR count). The molecule has 0 saturated carbocycles. The standard InChI is InChI=1S/O2STe/c1-3(2)4. The molecule has 24 valence electrons. The average molecular weight is 192 g/mol. The molecule has 0 aliphatic rings. The van der Waals surface area contributed by atoms with Crippen LogP contribution < -0.4 is 0 Å². The zero-order valence-corrected chi connectivity index (χ0v) is 4.78. The van der Waals surface area contributed by atoms with Gasteiger partial charge in [-0.15, -0.1) is 0 Å². The summed E-state index contributed by atoms with van der Waals surface area (Å²) in [5.41, 5.74) is 0. The Morgan fingerprint density at radius 2 is 1.50 bits per heavy atom. The Labute approximate surface area is 36.4 Å². The van der Waals surface area contributed by atoms with Crippen molar-refractivity contribution >= 4 is 27.8 Å². The first-order valence-electron chi connectivity index (χ1n) is 0.500. The maximum atomic E-state index is 9.00. The van der Waals surface area contributed by atoms with E-state index in [0.29, 0.717) is 0 Å². The van der Waals surface area contributed by atoms with Crippen LogP contribution in [0.5, 0.6) is 0 Å². The van der Waals surface area contributed by atoms with Gasteiger partial charge < -0.3 is 0 Å². The molecule has 4 heteroatoms. The molecule has 0 aromatic heterocycles. The van der Waals surface area contributed by atoms with Crippen molar-refractivity contribution in [1.82, 2.24) is 0 Å². The van der Waals surface area contributed by atoms with Gasteiger partial charge in [0.05, 0.1) is 0 Å². The maximum absolute atomic E-state index is 9.00. The van der Waals surface area contributed by atoms with Crippen LogP contribution in [-0.2, 0) is 7.41 Å². The average Bonchev–Trinajstić information content (AvgIpc) is 0.811. The molecule has 0 saturated heterocycles. The second-order valence-corrected chi connectivity index (χ2v) is 2.94. The van der Waals surface area contributed by atoms with Gasteiger partial charge in [-0.1, -0.05) is 0 Å². The van der Waals surface area contributed by atoms with Crippen LogP contribution in [0, 0.1) is 0 Å². The van der Waals surface area contributed by atoms with Gasteiger partial charge in [0.25, 0.3) is 0 Å². The SMILES string of the molecule is O=S(=O)=[Te]. The van der Waals surface area contributed by atoms with Crippen LogP contribution in [0.4, 0.5) is 0 Å². The zero-order valence-electron chi connectivity index (χ0n) is 1.63. The molecule has 0 spiro atoms. The Hall–Kier alpha value is 0.610. The van der Waals surface area contributed by atoms with Crippen molar-refractivity contribution in [3.05, 3.63) is 0 Å². The van der Waals surface area contributed by atoms with Crippen LogP contribution >= 0.6 is 0 Å². The van der Waals surface area contributed by atoms with E-state index >= 15 is 0 Å². The molecule has 0 N–H and O–H groups in total.